The third-order valence-electron chi connectivity index (χ3n) is 6.21. The Kier molecular flexibility index (Phi) is 7.72. The average Bonchev–Trinajstić information content (AvgIpc) is 2.88. The van der Waals surface area contributed by atoms with Gasteiger partial charge in [0.05, 0.1) is 32.4 Å². The van der Waals surface area contributed by atoms with E-state index in [2.05, 4.69) is 33.7 Å². The summed E-state index contributed by atoms with van der Waals surface area (Å²) in [5.41, 5.74) is 4.02. The highest BCUT2D eigenvalue weighted by Crippen LogP contribution is 2.39. The lowest BCUT2D eigenvalue weighted by atomic mass is 9.93. The van der Waals surface area contributed by atoms with Crippen molar-refractivity contribution in [3.8, 4) is 11.5 Å². The minimum Gasteiger partial charge on any atom is -0.493 e. The van der Waals surface area contributed by atoms with Crippen LogP contribution in [0.1, 0.15) is 30.5 Å². The lowest BCUT2D eigenvalue weighted by molar-refractivity contribution is -0.139. The molecule has 2 N–H and O–H groups in total. The standard InChI is InChI=1S/C27H31N3O5/c1-4-35-26(31)23-21(17-30-15-13-19(14-16-30)18-9-6-5-7-10-18)28-27(32)29-24(23)20-11-8-12-22(33-2)25(20)34-3/h5-13,24H,4,14-17H2,1-3H3,(H2,28,29,32)/t24-/m0/s1. The van der Waals surface area contributed by atoms with Gasteiger partial charge in [0.15, 0.2) is 11.5 Å². The van der Waals surface area contributed by atoms with E-state index in [4.69, 9.17) is 14.2 Å². The van der Waals surface area contributed by atoms with Crippen molar-refractivity contribution in [3.63, 3.8) is 0 Å². The summed E-state index contributed by atoms with van der Waals surface area (Å²) in [7, 11) is 3.08. The number of nitrogens with one attached hydrogen (secondary N) is 2. The molecule has 0 fully saturated rings. The molecule has 2 aromatic carbocycles. The molecule has 0 unspecified atom stereocenters. The molecule has 0 bridgehead atoms. The van der Waals surface area contributed by atoms with Crippen molar-refractivity contribution in [3.05, 3.63) is 77.0 Å². The highest BCUT2D eigenvalue weighted by molar-refractivity contribution is 5.95. The van der Waals surface area contributed by atoms with Gasteiger partial charge in [-0.25, -0.2) is 9.59 Å². The molecule has 2 amide bonds. The molecular formula is C27H31N3O5. The highest BCUT2D eigenvalue weighted by atomic mass is 16.5. The van der Waals surface area contributed by atoms with E-state index in [1.165, 1.54) is 18.2 Å². The summed E-state index contributed by atoms with van der Waals surface area (Å²) in [6, 6.07) is 14.6. The Morgan fingerprint density at radius 3 is 2.54 bits per heavy atom. The minimum absolute atomic E-state index is 0.221. The molecule has 2 heterocycles. The molecule has 8 heteroatoms. The van der Waals surface area contributed by atoms with Crippen LogP contribution < -0.4 is 20.1 Å². The molecule has 4 rings (SSSR count). The Balaban J connectivity index is 1.67. The van der Waals surface area contributed by atoms with Gasteiger partial charge in [0, 0.05) is 30.9 Å². The van der Waals surface area contributed by atoms with Crippen LogP contribution in [0.25, 0.3) is 5.57 Å². The fourth-order valence-corrected chi connectivity index (χ4v) is 4.56. The van der Waals surface area contributed by atoms with Crippen molar-refractivity contribution in [2.45, 2.75) is 19.4 Å². The lowest BCUT2D eigenvalue weighted by Gasteiger charge is -2.33. The van der Waals surface area contributed by atoms with Crippen LogP contribution in [0.15, 0.2) is 65.9 Å². The zero-order valence-electron chi connectivity index (χ0n) is 20.3. The predicted octanol–water partition coefficient (Wildman–Crippen LogP) is 3.66. The maximum atomic E-state index is 13.2. The van der Waals surface area contributed by atoms with Crippen molar-refractivity contribution < 1.29 is 23.8 Å². The number of amides is 2. The lowest BCUT2D eigenvalue weighted by Crippen LogP contribution is -2.49. The highest BCUT2D eigenvalue weighted by Gasteiger charge is 2.36. The number of carbonyl (C=O) groups excluding carboxylic acids is 2. The van der Waals surface area contributed by atoms with Gasteiger partial charge in [-0.05, 0) is 30.5 Å². The summed E-state index contributed by atoms with van der Waals surface area (Å²) < 4.78 is 16.4. The van der Waals surface area contributed by atoms with Crippen LogP contribution in [-0.2, 0) is 9.53 Å². The maximum Gasteiger partial charge on any atom is 0.338 e. The number of nitrogens with zero attached hydrogens (tertiary/aromatic N) is 1. The third kappa shape index (κ3) is 5.33. The van der Waals surface area contributed by atoms with Crippen LogP contribution in [0.2, 0.25) is 0 Å². The van der Waals surface area contributed by atoms with Crippen LogP contribution in [0.3, 0.4) is 0 Å². The number of urea groups is 1. The Morgan fingerprint density at radius 1 is 1.09 bits per heavy atom. The second-order valence-corrected chi connectivity index (χ2v) is 8.31. The van der Waals surface area contributed by atoms with E-state index in [1.54, 1.807) is 26.2 Å². The van der Waals surface area contributed by atoms with Gasteiger partial charge >= 0.3 is 12.0 Å². The molecular weight excluding hydrogens is 446 g/mol. The van der Waals surface area contributed by atoms with Crippen LogP contribution >= 0.6 is 0 Å². The summed E-state index contributed by atoms with van der Waals surface area (Å²) in [6.07, 6.45) is 3.08. The Morgan fingerprint density at radius 2 is 1.89 bits per heavy atom. The number of para-hydroxylation sites is 1. The van der Waals surface area contributed by atoms with E-state index in [-0.39, 0.29) is 12.6 Å². The molecule has 0 radical (unpaired) electrons. The van der Waals surface area contributed by atoms with Gasteiger partial charge in [-0.15, -0.1) is 0 Å². The topological polar surface area (TPSA) is 89.1 Å². The molecule has 8 nitrogen and oxygen atoms in total. The molecule has 0 saturated carbocycles. The Bertz CT molecular complexity index is 1140. The van der Waals surface area contributed by atoms with Crippen molar-refractivity contribution >= 4 is 17.6 Å². The molecule has 0 aliphatic carbocycles. The SMILES string of the molecule is CCOC(=O)C1=C(CN2CC=C(c3ccccc3)CC2)NC(=O)N[C@H]1c1cccc(OC)c1OC. The molecule has 2 aliphatic rings. The van der Waals surface area contributed by atoms with Crippen LogP contribution in [-0.4, -0.2) is 57.4 Å². The minimum atomic E-state index is -0.747. The quantitative estimate of drug-likeness (QED) is 0.564. The van der Waals surface area contributed by atoms with Crippen molar-refractivity contribution in [2.24, 2.45) is 0 Å². The van der Waals surface area contributed by atoms with E-state index >= 15 is 0 Å². The second-order valence-electron chi connectivity index (χ2n) is 8.31. The van der Waals surface area contributed by atoms with Crippen LogP contribution in [0.4, 0.5) is 4.79 Å². The van der Waals surface area contributed by atoms with Crippen molar-refractivity contribution in [1.29, 1.82) is 0 Å². The first-order valence-electron chi connectivity index (χ1n) is 11.7. The van der Waals surface area contributed by atoms with Crippen LogP contribution in [0, 0.1) is 0 Å². The summed E-state index contributed by atoms with van der Waals surface area (Å²) in [5.74, 6) is 0.483. The van der Waals surface area contributed by atoms with E-state index in [9.17, 15) is 9.59 Å². The molecule has 184 valence electrons. The number of ether oxygens (including phenoxy) is 3. The van der Waals surface area contributed by atoms with Crippen LogP contribution in [0.5, 0.6) is 11.5 Å². The monoisotopic (exact) mass is 477 g/mol. The summed E-state index contributed by atoms with van der Waals surface area (Å²) in [6.45, 7) is 3.90. The van der Waals surface area contributed by atoms with Gasteiger partial charge in [0.1, 0.15) is 0 Å². The van der Waals surface area contributed by atoms with Crippen molar-refractivity contribution in [2.75, 3.05) is 40.5 Å². The molecule has 0 aromatic heterocycles. The number of carbonyl (C=O) groups is 2. The predicted molar refractivity (Wildman–Crippen MR) is 133 cm³/mol. The normalized spacial score (nSPS) is 18.3. The number of methoxy groups -OCH3 is 2. The first-order chi connectivity index (χ1) is 17.0. The molecule has 1 atom stereocenters. The van der Waals surface area contributed by atoms with Gasteiger partial charge in [0.2, 0.25) is 0 Å². The molecule has 2 aliphatic heterocycles. The number of benzene rings is 2. The number of hydrogen-bond acceptors (Lipinski definition) is 6. The number of esters is 1. The Labute approximate surface area is 205 Å². The molecule has 0 saturated heterocycles. The smallest absolute Gasteiger partial charge is 0.338 e. The average molecular weight is 478 g/mol. The van der Waals surface area contributed by atoms with Crippen molar-refractivity contribution in [1.82, 2.24) is 15.5 Å². The van der Waals surface area contributed by atoms with Gasteiger partial charge in [-0.2, -0.15) is 0 Å². The maximum absolute atomic E-state index is 13.2. The zero-order chi connectivity index (χ0) is 24.8. The summed E-state index contributed by atoms with van der Waals surface area (Å²) in [5, 5.41) is 5.73. The van der Waals surface area contributed by atoms with Gasteiger partial charge in [0.25, 0.3) is 0 Å². The summed E-state index contributed by atoms with van der Waals surface area (Å²) in [4.78, 5) is 28.1. The molecule has 0 spiro atoms. The Hall–Kier alpha value is -3.78. The van der Waals surface area contributed by atoms with Gasteiger partial charge in [-0.1, -0.05) is 48.5 Å². The van der Waals surface area contributed by atoms with E-state index in [0.29, 0.717) is 41.4 Å². The molecule has 2 aromatic rings. The van der Waals surface area contributed by atoms with E-state index in [0.717, 1.165) is 13.0 Å². The van der Waals surface area contributed by atoms with Gasteiger partial charge in [-0.3, -0.25) is 4.90 Å². The first kappa shape index (κ1) is 24.3. The first-order valence-corrected chi connectivity index (χ1v) is 11.7. The number of rotatable bonds is 8. The fourth-order valence-electron chi connectivity index (χ4n) is 4.56. The fraction of sp³-hybridized carbons (Fsp3) is 0.333. The van der Waals surface area contributed by atoms with E-state index in [1.807, 2.05) is 24.3 Å². The van der Waals surface area contributed by atoms with Gasteiger partial charge < -0.3 is 24.8 Å². The zero-order valence-corrected chi connectivity index (χ0v) is 20.3. The molecule has 35 heavy (non-hydrogen) atoms. The van der Waals surface area contributed by atoms with E-state index < -0.39 is 12.0 Å². The summed E-state index contributed by atoms with van der Waals surface area (Å²) >= 11 is 0. The third-order valence-corrected chi connectivity index (χ3v) is 6.21. The second kappa shape index (κ2) is 11.1. The number of hydrogen-bond donors (Lipinski definition) is 2. The largest absolute Gasteiger partial charge is 0.493 e.